The highest BCUT2D eigenvalue weighted by Gasteiger charge is 2.28. The standard InChI is InChI=1S/C30H23F3N4OS2/c31-25-11-9-20(10-12-25)15-37-18-26(34-35-37)19-40-30(39)36-16-23(13-21-5-1-3-7-27(21)32)29(38)24(17-36)14-22-6-2-4-8-28(22)33/h1-14,18H,15-17,19H2/b23-13+,24-14+. The summed E-state index contributed by atoms with van der Waals surface area (Å²) in [6, 6.07) is 18.6. The second kappa shape index (κ2) is 12.4. The molecule has 1 aliphatic rings. The number of halogens is 3. The van der Waals surface area contributed by atoms with E-state index in [2.05, 4.69) is 10.3 Å². The average Bonchev–Trinajstić information content (AvgIpc) is 3.40. The topological polar surface area (TPSA) is 51.0 Å². The third kappa shape index (κ3) is 6.75. The van der Waals surface area contributed by atoms with Crippen LogP contribution in [0.15, 0.2) is 90.1 Å². The maximum atomic E-state index is 14.4. The molecule has 0 N–H and O–H groups in total. The lowest BCUT2D eigenvalue weighted by atomic mass is 9.94. The molecule has 0 bridgehead atoms. The van der Waals surface area contributed by atoms with Gasteiger partial charge in [-0.3, -0.25) is 4.79 Å². The molecule has 0 radical (unpaired) electrons. The number of rotatable bonds is 6. The number of hydrogen-bond donors (Lipinski definition) is 0. The zero-order valence-electron chi connectivity index (χ0n) is 21.1. The Morgan fingerprint density at radius 1 is 0.875 bits per heavy atom. The summed E-state index contributed by atoms with van der Waals surface area (Å²) >= 11 is 7.07. The summed E-state index contributed by atoms with van der Waals surface area (Å²) in [5.41, 5.74) is 2.87. The highest BCUT2D eigenvalue weighted by Crippen LogP contribution is 2.27. The summed E-state index contributed by atoms with van der Waals surface area (Å²) in [7, 11) is 0. The van der Waals surface area contributed by atoms with E-state index in [4.69, 9.17) is 12.2 Å². The minimum atomic E-state index is -0.444. The van der Waals surface area contributed by atoms with Gasteiger partial charge in [0.05, 0.1) is 12.2 Å². The molecular weight excluding hydrogens is 553 g/mol. The first-order chi connectivity index (χ1) is 19.4. The van der Waals surface area contributed by atoms with Crippen molar-refractivity contribution >= 4 is 46.2 Å². The molecular formula is C30H23F3N4OS2. The largest absolute Gasteiger partial charge is 0.349 e. The number of piperidine rings is 1. The number of likely N-dealkylation sites (tertiary alicyclic amines) is 1. The fraction of sp³-hybridized carbons (Fsp3) is 0.133. The Morgan fingerprint density at radius 2 is 1.45 bits per heavy atom. The fourth-order valence-electron chi connectivity index (χ4n) is 4.21. The Kier molecular flexibility index (Phi) is 8.57. The Bertz CT molecular complexity index is 1550. The molecule has 5 rings (SSSR count). The van der Waals surface area contributed by atoms with Crippen LogP contribution in [0.2, 0.25) is 0 Å². The van der Waals surface area contributed by atoms with Gasteiger partial charge in [0.15, 0.2) is 5.78 Å². The molecule has 0 saturated carbocycles. The van der Waals surface area contributed by atoms with Crippen molar-refractivity contribution in [2.75, 3.05) is 13.1 Å². The number of thioether (sulfide) groups is 1. The summed E-state index contributed by atoms with van der Waals surface area (Å²) in [6.45, 7) is 0.820. The lowest BCUT2D eigenvalue weighted by Crippen LogP contribution is -2.39. The molecule has 10 heteroatoms. The molecule has 5 nitrogen and oxygen atoms in total. The first-order valence-electron chi connectivity index (χ1n) is 12.4. The van der Waals surface area contributed by atoms with Gasteiger partial charge in [0, 0.05) is 47.3 Å². The van der Waals surface area contributed by atoms with Gasteiger partial charge in [-0.05, 0) is 42.0 Å². The number of hydrogen-bond acceptors (Lipinski definition) is 5. The van der Waals surface area contributed by atoms with E-state index in [-0.39, 0.29) is 35.8 Å². The SMILES string of the molecule is O=C1/C(=C/c2ccccc2F)CN(C(=S)SCc2cn(Cc3ccc(F)cc3)nn2)C/C1=C\c1ccccc1F. The van der Waals surface area contributed by atoms with Crippen molar-refractivity contribution in [1.82, 2.24) is 19.9 Å². The van der Waals surface area contributed by atoms with Crippen LogP contribution in [0.5, 0.6) is 0 Å². The van der Waals surface area contributed by atoms with E-state index in [9.17, 15) is 18.0 Å². The van der Waals surface area contributed by atoms with Crippen LogP contribution in [0.4, 0.5) is 13.2 Å². The summed E-state index contributed by atoms with van der Waals surface area (Å²) in [6.07, 6.45) is 4.84. The van der Waals surface area contributed by atoms with Crippen molar-refractivity contribution in [2.45, 2.75) is 12.3 Å². The van der Waals surface area contributed by atoms with E-state index in [0.29, 0.717) is 33.5 Å². The molecule has 0 unspecified atom stereocenters. The molecule has 2 heterocycles. The van der Waals surface area contributed by atoms with Crippen LogP contribution in [-0.4, -0.2) is 43.1 Å². The Balaban J connectivity index is 1.33. The second-order valence-corrected chi connectivity index (χ2v) is 10.8. The Morgan fingerprint density at radius 3 is 2.02 bits per heavy atom. The van der Waals surface area contributed by atoms with Crippen LogP contribution in [0.25, 0.3) is 12.2 Å². The summed E-state index contributed by atoms with van der Waals surface area (Å²) < 4.78 is 44.1. The van der Waals surface area contributed by atoms with Crippen LogP contribution in [0.1, 0.15) is 22.4 Å². The predicted octanol–water partition coefficient (Wildman–Crippen LogP) is 6.31. The summed E-state index contributed by atoms with van der Waals surface area (Å²) in [5.74, 6) is -1.03. The Labute approximate surface area is 239 Å². The highest BCUT2D eigenvalue weighted by molar-refractivity contribution is 8.22. The van der Waals surface area contributed by atoms with Crippen molar-refractivity contribution in [1.29, 1.82) is 0 Å². The number of Topliss-reactive ketones (excluding diaryl/α,β-unsaturated/α-hetero) is 1. The van der Waals surface area contributed by atoms with Gasteiger partial charge in [0.25, 0.3) is 0 Å². The van der Waals surface area contributed by atoms with Crippen molar-refractivity contribution in [3.05, 3.63) is 130 Å². The maximum Gasteiger partial charge on any atom is 0.188 e. The van der Waals surface area contributed by atoms with Gasteiger partial charge in [-0.1, -0.05) is 77.7 Å². The number of benzene rings is 3. The molecule has 1 aromatic heterocycles. The van der Waals surface area contributed by atoms with Crippen molar-refractivity contribution < 1.29 is 18.0 Å². The monoisotopic (exact) mass is 576 g/mol. The van der Waals surface area contributed by atoms with E-state index in [1.165, 1.54) is 48.2 Å². The minimum absolute atomic E-state index is 0.185. The van der Waals surface area contributed by atoms with Gasteiger partial charge in [-0.25, -0.2) is 17.9 Å². The molecule has 0 amide bonds. The molecule has 1 saturated heterocycles. The van der Waals surface area contributed by atoms with Gasteiger partial charge in [0.1, 0.15) is 21.8 Å². The quantitative estimate of drug-likeness (QED) is 0.198. The second-order valence-electron chi connectivity index (χ2n) is 9.16. The van der Waals surface area contributed by atoms with Gasteiger partial charge in [0.2, 0.25) is 0 Å². The van der Waals surface area contributed by atoms with E-state index in [1.54, 1.807) is 59.4 Å². The summed E-state index contributed by atoms with van der Waals surface area (Å²) in [5, 5.41) is 8.34. The molecule has 202 valence electrons. The van der Waals surface area contributed by atoms with Crippen LogP contribution >= 0.6 is 24.0 Å². The van der Waals surface area contributed by atoms with Crippen molar-refractivity contribution in [2.24, 2.45) is 0 Å². The zero-order chi connectivity index (χ0) is 28.1. The maximum absolute atomic E-state index is 14.4. The van der Waals surface area contributed by atoms with Gasteiger partial charge >= 0.3 is 0 Å². The minimum Gasteiger partial charge on any atom is -0.349 e. The number of carbonyl (C=O) groups is 1. The van der Waals surface area contributed by atoms with E-state index in [1.807, 2.05) is 4.90 Å². The number of aromatic nitrogens is 3. The van der Waals surface area contributed by atoms with Crippen LogP contribution in [-0.2, 0) is 17.1 Å². The third-order valence-electron chi connectivity index (χ3n) is 6.22. The molecule has 1 aliphatic heterocycles. The fourth-order valence-corrected chi connectivity index (χ4v) is 5.24. The van der Waals surface area contributed by atoms with Crippen molar-refractivity contribution in [3.8, 4) is 0 Å². The average molecular weight is 577 g/mol. The van der Waals surface area contributed by atoms with Crippen molar-refractivity contribution in [3.63, 3.8) is 0 Å². The lowest BCUT2D eigenvalue weighted by Gasteiger charge is -2.31. The number of carbonyl (C=O) groups excluding carboxylic acids is 1. The smallest absolute Gasteiger partial charge is 0.188 e. The third-order valence-corrected chi connectivity index (χ3v) is 7.78. The number of thiocarbonyl (C=S) groups is 1. The number of nitrogens with zero attached hydrogens (tertiary/aromatic N) is 4. The predicted molar refractivity (Wildman–Crippen MR) is 155 cm³/mol. The molecule has 0 aliphatic carbocycles. The lowest BCUT2D eigenvalue weighted by molar-refractivity contribution is -0.113. The zero-order valence-corrected chi connectivity index (χ0v) is 22.8. The molecule has 40 heavy (non-hydrogen) atoms. The van der Waals surface area contributed by atoms with Crippen LogP contribution in [0, 0.1) is 17.5 Å². The van der Waals surface area contributed by atoms with E-state index in [0.717, 1.165) is 5.56 Å². The highest BCUT2D eigenvalue weighted by atomic mass is 32.2. The Hall–Kier alpha value is -4.02. The number of ketones is 1. The normalized spacial score (nSPS) is 15.7. The summed E-state index contributed by atoms with van der Waals surface area (Å²) in [4.78, 5) is 15.2. The molecule has 0 spiro atoms. The van der Waals surface area contributed by atoms with Gasteiger partial charge in [-0.2, -0.15) is 0 Å². The molecule has 3 aromatic carbocycles. The molecule has 1 fully saturated rings. The van der Waals surface area contributed by atoms with Gasteiger partial charge < -0.3 is 4.90 Å². The van der Waals surface area contributed by atoms with Crippen LogP contribution < -0.4 is 0 Å². The molecule has 4 aromatic rings. The van der Waals surface area contributed by atoms with E-state index >= 15 is 0 Å². The first-order valence-corrected chi connectivity index (χ1v) is 13.7. The van der Waals surface area contributed by atoms with E-state index < -0.39 is 11.6 Å². The van der Waals surface area contributed by atoms with Gasteiger partial charge in [-0.15, -0.1) is 5.10 Å². The first kappa shape index (κ1) is 27.5. The van der Waals surface area contributed by atoms with Crippen LogP contribution in [0.3, 0.4) is 0 Å². The molecule has 0 atom stereocenters.